The molecule has 0 atom stereocenters. The van der Waals surface area contributed by atoms with Gasteiger partial charge in [0.2, 0.25) is 11.8 Å². The third-order valence-electron chi connectivity index (χ3n) is 5.61. The van der Waals surface area contributed by atoms with Gasteiger partial charge in [-0.15, -0.1) is 0 Å². The molecule has 4 rings (SSSR count). The number of anilines is 1. The third kappa shape index (κ3) is 5.02. The molecule has 0 radical (unpaired) electrons. The Labute approximate surface area is 206 Å². The Morgan fingerprint density at radius 3 is 2.56 bits per heavy atom. The average molecular weight is 494 g/mol. The fourth-order valence-electron chi connectivity index (χ4n) is 3.62. The van der Waals surface area contributed by atoms with Crippen molar-refractivity contribution in [2.75, 3.05) is 5.32 Å². The Morgan fingerprint density at radius 1 is 1.14 bits per heavy atom. The highest BCUT2D eigenvalue weighted by molar-refractivity contribution is 5.98. The summed E-state index contributed by atoms with van der Waals surface area (Å²) in [5, 5.41) is 7.26. The van der Waals surface area contributed by atoms with Crippen LogP contribution in [0.4, 0.5) is 14.5 Å². The highest BCUT2D eigenvalue weighted by Gasteiger charge is 2.21. The number of nitrogens with two attached hydrogens (primary N) is 1. The summed E-state index contributed by atoms with van der Waals surface area (Å²) in [5.74, 6) is -2.86. The van der Waals surface area contributed by atoms with E-state index < -0.39 is 29.9 Å². The van der Waals surface area contributed by atoms with Crippen molar-refractivity contribution in [3.63, 3.8) is 0 Å². The molecule has 2 amide bonds. The first-order valence-corrected chi connectivity index (χ1v) is 11.1. The normalized spacial score (nSPS) is 11.5. The number of carbonyl (C=O) groups is 2. The maximum Gasteiger partial charge on any atom is 0.248 e. The van der Waals surface area contributed by atoms with Crippen LogP contribution < -0.4 is 15.8 Å². The van der Waals surface area contributed by atoms with Gasteiger partial charge in [0, 0.05) is 40.5 Å². The smallest absolute Gasteiger partial charge is 0.248 e. The van der Waals surface area contributed by atoms with Gasteiger partial charge in [0.15, 0.2) is 0 Å². The van der Waals surface area contributed by atoms with Crippen LogP contribution in [0.5, 0.6) is 11.5 Å². The van der Waals surface area contributed by atoms with Gasteiger partial charge in [-0.3, -0.25) is 19.3 Å². The zero-order valence-corrected chi connectivity index (χ0v) is 20.2. The summed E-state index contributed by atoms with van der Waals surface area (Å²) in [6.45, 7) is 7.29. The summed E-state index contributed by atoms with van der Waals surface area (Å²) < 4.78 is 37.6. The number of amides is 2. The molecule has 2 aromatic carbocycles. The van der Waals surface area contributed by atoms with E-state index >= 15 is 4.39 Å². The van der Waals surface area contributed by atoms with E-state index in [1.807, 2.05) is 20.8 Å². The number of pyridine rings is 1. The predicted molar refractivity (Wildman–Crippen MR) is 131 cm³/mol. The molecule has 4 aromatic rings. The van der Waals surface area contributed by atoms with E-state index in [1.54, 1.807) is 16.9 Å². The predicted octanol–water partition coefficient (Wildman–Crippen LogP) is 4.85. The molecule has 0 saturated heterocycles. The molecule has 0 aliphatic heterocycles. The second-order valence-corrected chi connectivity index (χ2v) is 9.35. The van der Waals surface area contributed by atoms with Gasteiger partial charge in [0.1, 0.15) is 23.1 Å². The van der Waals surface area contributed by atoms with Gasteiger partial charge in [0.25, 0.3) is 0 Å². The minimum atomic E-state index is -0.926. The summed E-state index contributed by atoms with van der Waals surface area (Å²) in [4.78, 5) is 28.3. The SMILES string of the molecule is Cc1c(Oc2ccnc3ccc(C(N)=O)cc23)cc(F)c(CC(=O)Nc2cnn(C(C)(C)C)c2)c1F. The maximum absolute atomic E-state index is 15.2. The van der Waals surface area contributed by atoms with Crippen LogP contribution in [0.15, 0.2) is 48.9 Å². The molecule has 2 heterocycles. The molecule has 0 aliphatic carbocycles. The molecule has 186 valence electrons. The summed E-state index contributed by atoms with van der Waals surface area (Å²) in [5.41, 5.74) is 5.90. The minimum absolute atomic E-state index is 0.0239. The lowest BCUT2D eigenvalue weighted by Gasteiger charge is -2.18. The van der Waals surface area contributed by atoms with Crippen molar-refractivity contribution in [1.82, 2.24) is 14.8 Å². The van der Waals surface area contributed by atoms with E-state index in [-0.39, 0.29) is 33.7 Å². The third-order valence-corrected chi connectivity index (χ3v) is 5.61. The number of nitrogens with zero attached hydrogens (tertiary/aromatic N) is 3. The lowest BCUT2D eigenvalue weighted by atomic mass is 10.0. The number of aromatic nitrogens is 3. The first-order chi connectivity index (χ1) is 16.9. The van der Waals surface area contributed by atoms with Crippen molar-refractivity contribution in [3.05, 3.63) is 77.2 Å². The summed E-state index contributed by atoms with van der Waals surface area (Å²) in [6.07, 6.45) is 4.08. The topological polar surface area (TPSA) is 112 Å². The standard InChI is InChI=1S/C26H25F2N5O3/c1-14-22(36-21-7-8-30-20-6-5-15(25(29)35)9-18(20)21)11-19(27)17(24(14)28)10-23(34)32-16-12-31-33(13-16)26(2,3)4/h5-9,11-13H,10H2,1-4H3,(H2,29,35)(H,32,34). The van der Waals surface area contributed by atoms with E-state index in [0.717, 1.165) is 6.07 Å². The molecule has 2 aromatic heterocycles. The fraction of sp³-hybridized carbons (Fsp3) is 0.231. The van der Waals surface area contributed by atoms with Crippen LogP contribution in [0.1, 0.15) is 42.3 Å². The quantitative estimate of drug-likeness (QED) is 0.399. The number of halogens is 2. The number of primary amides is 1. The van der Waals surface area contributed by atoms with Crippen LogP contribution in [0.25, 0.3) is 10.9 Å². The van der Waals surface area contributed by atoms with E-state index in [0.29, 0.717) is 16.6 Å². The summed E-state index contributed by atoms with van der Waals surface area (Å²) >= 11 is 0. The van der Waals surface area contributed by atoms with Gasteiger partial charge in [-0.1, -0.05) is 0 Å². The van der Waals surface area contributed by atoms with Crippen LogP contribution in [-0.4, -0.2) is 26.6 Å². The van der Waals surface area contributed by atoms with Crippen molar-refractivity contribution in [3.8, 4) is 11.5 Å². The number of hydrogen-bond donors (Lipinski definition) is 2. The second-order valence-electron chi connectivity index (χ2n) is 9.35. The number of ether oxygens (including phenoxy) is 1. The molecule has 10 heteroatoms. The summed E-state index contributed by atoms with van der Waals surface area (Å²) in [7, 11) is 0. The monoisotopic (exact) mass is 493 g/mol. The van der Waals surface area contributed by atoms with Crippen molar-refractivity contribution in [2.45, 2.75) is 39.7 Å². The summed E-state index contributed by atoms with van der Waals surface area (Å²) in [6, 6.07) is 7.18. The molecule has 0 saturated carbocycles. The Morgan fingerprint density at radius 2 is 1.89 bits per heavy atom. The zero-order chi connectivity index (χ0) is 26.2. The lowest BCUT2D eigenvalue weighted by Crippen LogP contribution is -2.22. The highest BCUT2D eigenvalue weighted by Crippen LogP contribution is 2.34. The molecular formula is C26H25F2N5O3. The number of rotatable bonds is 6. The average Bonchev–Trinajstić information content (AvgIpc) is 3.29. The zero-order valence-electron chi connectivity index (χ0n) is 20.2. The number of fused-ring (bicyclic) bond motifs is 1. The Balaban J connectivity index is 1.58. The van der Waals surface area contributed by atoms with E-state index in [1.165, 1.54) is 37.5 Å². The van der Waals surface area contributed by atoms with Gasteiger partial charge < -0.3 is 15.8 Å². The first kappa shape index (κ1) is 24.8. The molecule has 0 aliphatic rings. The van der Waals surface area contributed by atoms with Gasteiger partial charge in [-0.2, -0.15) is 5.10 Å². The number of benzene rings is 2. The van der Waals surface area contributed by atoms with Crippen molar-refractivity contribution < 1.29 is 23.1 Å². The molecule has 36 heavy (non-hydrogen) atoms. The first-order valence-electron chi connectivity index (χ1n) is 11.1. The lowest BCUT2D eigenvalue weighted by molar-refractivity contribution is -0.115. The molecule has 0 fully saturated rings. The molecule has 3 N–H and O–H groups in total. The van der Waals surface area contributed by atoms with Gasteiger partial charge in [-0.25, -0.2) is 8.78 Å². The maximum atomic E-state index is 15.2. The van der Waals surface area contributed by atoms with Crippen LogP contribution in [0, 0.1) is 18.6 Å². The van der Waals surface area contributed by atoms with E-state index in [2.05, 4.69) is 15.4 Å². The van der Waals surface area contributed by atoms with Crippen LogP contribution in [-0.2, 0) is 16.8 Å². The number of hydrogen-bond acceptors (Lipinski definition) is 5. The Hall–Kier alpha value is -4.34. The van der Waals surface area contributed by atoms with E-state index in [4.69, 9.17) is 10.5 Å². The van der Waals surface area contributed by atoms with Crippen LogP contribution >= 0.6 is 0 Å². The Kier molecular flexibility index (Phi) is 6.45. The minimum Gasteiger partial charge on any atom is -0.456 e. The van der Waals surface area contributed by atoms with E-state index in [9.17, 15) is 14.0 Å². The van der Waals surface area contributed by atoms with Crippen molar-refractivity contribution in [2.24, 2.45) is 5.73 Å². The number of carbonyl (C=O) groups excluding carboxylic acids is 2. The molecular weight excluding hydrogens is 468 g/mol. The Bertz CT molecular complexity index is 1490. The van der Waals surface area contributed by atoms with Crippen LogP contribution in [0.2, 0.25) is 0 Å². The number of nitrogens with one attached hydrogen (secondary N) is 1. The van der Waals surface area contributed by atoms with Gasteiger partial charge in [-0.05, 0) is 52.0 Å². The fourth-order valence-corrected chi connectivity index (χ4v) is 3.62. The van der Waals surface area contributed by atoms with Crippen molar-refractivity contribution >= 4 is 28.4 Å². The van der Waals surface area contributed by atoms with Gasteiger partial charge >= 0.3 is 0 Å². The van der Waals surface area contributed by atoms with Crippen LogP contribution in [0.3, 0.4) is 0 Å². The van der Waals surface area contributed by atoms with Gasteiger partial charge in [0.05, 0.1) is 29.4 Å². The molecule has 0 unspecified atom stereocenters. The molecule has 8 nitrogen and oxygen atoms in total. The molecule has 0 spiro atoms. The second kappa shape index (κ2) is 9.37. The highest BCUT2D eigenvalue weighted by atomic mass is 19.1. The largest absolute Gasteiger partial charge is 0.456 e. The molecule has 0 bridgehead atoms. The van der Waals surface area contributed by atoms with Crippen molar-refractivity contribution in [1.29, 1.82) is 0 Å².